The van der Waals surface area contributed by atoms with Crippen molar-refractivity contribution in [3.63, 3.8) is 0 Å². The Morgan fingerprint density at radius 1 is 1.15 bits per heavy atom. The second kappa shape index (κ2) is 9.37. The highest BCUT2D eigenvalue weighted by Gasteiger charge is 2.09. The average Bonchev–Trinajstić information content (AvgIpc) is 3.24. The van der Waals surface area contributed by atoms with Crippen LogP contribution in [0.3, 0.4) is 0 Å². The molecule has 2 aromatic heterocycles. The van der Waals surface area contributed by atoms with E-state index in [9.17, 15) is 0 Å². The van der Waals surface area contributed by atoms with Crippen LogP contribution >= 0.6 is 24.0 Å². The van der Waals surface area contributed by atoms with E-state index < -0.39 is 0 Å². The van der Waals surface area contributed by atoms with Gasteiger partial charge in [-0.2, -0.15) is 5.10 Å². The van der Waals surface area contributed by atoms with Crippen LogP contribution in [0.1, 0.15) is 22.6 Å². The first-order valence-electron chi connectivity index (χ1n) is 8.12. The zero-order valence-corrected chi connectivity index (χ0v) is 17.4. The number of rotatable bonds is 5. The number of benzene rings is 1. The molecule has 0 spiro atoms. The monoisotopic (exact) mass is 466 g/mol. The molecule has 2 heterocycles. The Bertz CT molecular complexity index is 836. The first-order chi connectivity index (χ1) is 12.2. The maximum Gasteiger partial charge on any atom is 0.191 e. The van der Waals surface area contributed by atoms with Gasteiger partial charge in [0.15, 0.2) is 5.96 Å². The van der Waals surface area contributed by atoms with Gasteiger partial charge in [-0.1, -0.05) is 23.4 Å². The molecule has 0 bridgehead atoms. The molecule has 3 rings (SSSR count). The van der Waals surface area contributed by atoms with Crippen LogP contribution in [0.25, 0.3) is 5.69 Å². The van der Waals surface area contributed by atoms with Crippen LogP contribution in [-0.4, -0.2) is 27.9 Å². The lowest BCUT2D eigenvalue weighted by atomic mass is 10.2. The van der Waals surface area contributed by atoms with Gasteiger partial charge in [-0.3, -0.25) is 4.99 Å². The van der Waals surface area contributed by atoms with Crippen LogP contribution in [0.2, 0.25) is 0 Å². The molecule has 2 N–H and O–H groups in total. The number of nitrogens with zero attached hydrogens (tertiary/aromatic N) is 4. The summed E-state index contributed by atoms with van der Waals surface area (Å²) in [5.41, 5.74) is 4.06. The number of aliphatic imine (C=N–C) groups is 1. The van der Waals surface area contributed by atoms with Crippen LogP contribution in [0.5, 0.6) is 0 Å². The van der Waals surface area contributed by atoms with Crippen LogP contribution in [0, 0.1) is 13.8 Å². The fourth-order valence-electron chi connectivity index (χ4n) is 2.51. The summed E-state index contributed by atoms with van der Waals surface area (Å²) in [4.78, 5) is 4.24. The summed E-state index contributed by atoms with van der Waals surface area (Å²) >= 11 is 0. The van der Waals surface area contributed by atoms with Gasteiger partial charge in [0.05, 0.1) is 17.6 Å². The lowest BCUT2D eigenvalue weighted by molar-refractivity contribution is 0.392. The number of hydrogen-bond acceptors (Lipinski definition) is 4. The molecular formula is C18H23IN6O. The summed E-state index contributed by atoms with van der Waals surface area (Å²) in [7, 11) is 1.75. The van der Waals surface area contributed by atoms with Gasteiger partial charge in [0, 0.05) is 37.5 Å². The molecule has 0 radical (unpaired) electrons. The highest BCUT2D eigenvalue weighted by molar-refractivity contribution is 14.0. The third-order valence-corrected chi connectivity index (χ3v) is 3.95. The number of guanidine groups is 1. The molecule has 26 heavy (non-hydrogen) atoms. The normalized spacial score (nSPS) is 11.1. The number of aryl methyl sites for hydroxylation is 2. The van der Waals surface area contributed by atoms with E-state index in [1.807, 2.05) is 61.3 Å². The molecule has 0 aliphatic heterocycles. The first kappa shape index (κ1) is 20.0. The predicted octanol–water partition coefficient (Wildman–Crippen LogP) is 2.96. The minimum atomic E-state index is 0. The number of halogens is 1. The highest BCUT2D eigenvalue weighted by atomic mass is 127. The third kappa shape index (κ3) is 4.84. The Kier molecular flexibility index (Phi) is 7.19. The van der Waals surface area contributed by atoms with Gasteiger partial charge >= 0.3 is 0 Å². The Balaban J connectivity index is 0.00000243. The zero-order chi connectivity index (χ0) is 17.6. The molecule has 0 amide bonds. The molecule has 1 aromatic carbocycles. The third-order valence-electron chi connectivity index (χ3n) is 3.95. The molecule has 0 saturated heterocycles. The fraction of sp³-hybridized carbons (Fsp3) is 0.278. The summed E-state index contributed by atoms with van der Waals surface area (Å²) in [6.45, 7) is 5.09. The summed E-state index contributed by atoms with van der Waals surface area (Å²) in [6.07, 6.45) is 3.85. The van der Waals surface area contributed by atoms with E-state index in [4.69, 9.17) is 4.52 Å². The highest BCUT2D eigenvalue weighted by Crippen LogP contribution is 2.11. The van der Waals surface area contributed by atoms with E-state index in [1.165, 1.54) is 0 Å². The lowest BCUT2D eigenvalue weighted by Crippen LogP contribution is -2.36. The number of aromatic nitrogens is 3. The summed E-state index contributed by atoms with van der Waals surface area (Å²) in [5.74, 6) is 1.54. The van der Waals surface area contributed by atoms with Crippen molar-refractivity contribution in [1.82, 2.24) is 25.6 Å². The van der Waals surface area contributed by atoms with Crippen molar-refractivity contribution in [1.29, 1.82) is 0 Å². The van der Waals surface area contributed by atoms with Crippen molar-refractivity contribution >= 4 is 29.9 Å². The van der Waals surface area contributed by atoms with Gasteiger partial charge in [0.25, 0.3) is 0 Å². The van der Waals surface area contributed by atoms with Crippen molar-refractivity contribution in [3.05, 3.63) is 65.3 Å². The Labute approximate surface area is 169 Å². The van der Waals surface area contributed by atoms with Crippen molar-refractivity contribution in [3.8, 4) is 5.69 Å². The van der Waals surface area contributed by atoms with Gasteiger partial charge in [-0.25, -0.2) is 4.68 Å². The quantitative estimate of drug-likeness (QED) is 0.344. The second-order valence-corrected chi connectivity index (χ2v) is 5.71. The molecule has 0 unspecified atom stereocenters. The summed E-state index contributed by atoms with van der Waals surface area (Å²) in [6, 6.07) is 10.0. The lowest BCUT2D eigenvalue weighted by Gasteiger charge is -2.10. The minimum absolute atomic E-state index is 0. The maximum atomic E-state index is 5.17. The van der Waals surface area contributed by atoms with Crippen LogP contribution in [0.4, 0.5) is 0 Å². The molecule has 0 aliphatic carbocycles. The number of nitrogens with one attached hydrogen (secondary N) is 2. The van der Waals surface area contributed by atoms with Crippen LogP contribution in [0.15, 0.2) is 52.2 Å². The average molecular weight is 466 g/mol. The Hall–Kier alpha value is -2.36. The van der Waals surface area contributed by atoms with Crippen LogP contribution < -0.4 is 10.6 Å². The summed E-state index contributed by atoms with van der Waals surface area (Å²) < 4.78 is 7.03. The van der Waals surface area contributed by atoms with Crippen molar-refractivity contribution in [2.24, 2.45) is 4.99 Å². The molecule has 0 aliphatic rings. The largest absolute Gasteiger partial charge is 0.361 e. The van der Waals surface area contributed by atoms with Gasteiger partial charge < -0.3 is 15.2 Å². The van der Waals surface area contributed by atoms with E-state index in [2.05, 4.69) is 25.9 Å². The molecular weight excluding hydrogens is 443 g/mol. The Morgan fingerprint density at radius 3 is 2.54 bits per heavy atom. The number of para-hydroxylation sites is 1. The molecule has 0 atom stereocenters. The van der Waals surface area contributed by atoms with Gasteiger partial charge in [0.1, 0.15) is 5.76 Å². The molecule has 8 heteroatoms. The van der Waals surface area contributed by atoms with Crippen molar-refractivity contribution in [2.75, 3.05) is 7.05 Å². The van der Waals surface area contributed by atoms with Crippen molar-refractivity contribution < 1.29 is 4.52 Å². The van der Waals surface area contributed by atoms with Crippen LogP contribution in [-0.2, 0) is 13.1 Å². The number of hydrogen-bond donors (Lipinski definition) is 2. The van der Waals surface area contributed by atoms with E-state index in [1.54, 1.807) is 7.05 Å². The molecule has 0 fully saturated rings. The zero-order valence-electron chi connectivity index (χ0n) is 15.1. The van der Waals surface area contributed by atoms with E-state index in [0.717, 1.165) is 28.3 Å². The minimum Gasteiger partial charge on any atom is -0.361 e. The SMILES string of the molecule is CN=C(NCc1cnn(-c2ccccc2)c1)NCc1c(C)noc1C.I. The van der Waals surface area contributed by atoms with E-state index >= 15 is 0 Å². The summed E-state index contributed by atoms with van der Waals surface area (Å²) in [5, 5.41) is 14.9. The standard InChI is InChI=1S/C18H22N6O.HI/c1-13-17(14(2)25-23-13)11-21-18(19-3)20-9-15-10-22-24(12-15)16-7-5-4-6-8-16;/h4-8,10,12H,9,11H2,1-3H3,(H2,19,20,21);1H. The van der Waals surface area contributed by atoms with Gasteiger partial charge in [-0.05, 0) is 26.0 Å². The molecule has 138 valence electrons. The smallest absolute Gasteiger partial charge is 0.191 e. The molecule has 0 saturated carbocycles. The van der Waals surface area contributed by atoms with Gasteiger partial charge in [0.2, 0.25) is 0 Å². The van der Waals surface area contributed by atoms with E-state index in [0.29, 0.717) is 19.0 Å². The van der Waals surface area contributed by atoms with Gasteiger partial charge in [-0.15, -0.1) is 24.0 Å². The predicted molar refractivity (Wildman–Crippen MR) is 112 cm³/mol. The fourth-order valence-corrected chi connectivity index (χ4v) is 2.51. The second-order valence-electron chi connectivity index (χ2n) is 5.71. The maximum absolute atomic E-state index is 5.17. The molecule has 7 nitrogen and oxygen atoms in total. The first-order valence-corrected chi connectivity index (χ1v) is 8.12. The van der Waals surface area contributed by atoms with Crippen molar-refractivity contribution in [2.45, 2.75) is 26.9 Å². The van der Waals surface area contributed by atoms with E-state index in [-0.39, 0.29) is 24.0 Å². The molecule has 3 aromatic rings. The Morgan fingerprint density at radius 2 is 1.88 bits per heavy atom. The topological polar surface area (TPSA) is 80.3 Å².